The van der Waals surface area contributed by atoms with Gasteiger partial charge < -0.3 is 10.8 Å². The molecular formula is C12H26N2O. The highest BCUT2D eigenvalue weighted by Crippen LogP contribution is 2.25. The Hall–Kier alpha value is -0.120. The van der Waals surface area contributed by atoms with Crippen molar-refractivity contribution in [2.24, 2.45) is 17.6 Å². The van der Waals surface area contributed by atoms with Crippen molar-refractivity contribution >= 4 is 0 Å². The minimum atomic E-state index is 0.0607. The van der Waals surface area contributed by atoms with E-state index in [0.29, 0.717) is 0 Å². The summed E-state index contributed by atoms with van der Waals surface area (Å²) in [5.74, 6) is 1.64. The summed E-state index contributed by atoms with van der Waals surface area (Å²) in [7, 11) is 0. The molecule has 0 aromatic heterocycles. The van der Waals surface area contributed by atoms with Crippen LogP contribution in [-0.4, -0.2) is 41.8 Å². The molecule has 0 bridgehead atoms. The van der Waals surface area contributed by atoms with Crippen LogP contribution in [0.5, 0.6) is 0 Å². The lowest BCUT2D eigenvalue weighted by atomic mass is 9.86. The Morgan fingerprint density at radius 3 is 2.13 bits per heavy atom. The maximum atomic E-state index is 9.30. The molecule has 2 unspecified atom stereocenters. The first-order chi connectivity index (χ1) is 7.06. The van der Waals surface area contributed by atoms with Gasteiger partial charge in [0.25, 0.3) is 0 Å². The molecular weight excluding hydrogens is 188 g/mol. The van der Waals surface area contributed by atoms with Crippen molar-refractivity contribution in [1.29, 1.82) is 0 Å². The zero-order valence-corrected chi connectivity index (χ0v) is 10.3. The van der Waals surface area contributed by atoms with Crippen molar-refractivity contribution in [3.63, 3.8) is 0 Å². The van der Waals surface area contributed by atoms with Crippen molar-refractivity contribution in [2.45, 2.75) is 45.7 Å². The van der Waals surface area contributed by atoms with Crippen LogP contribution < -0.4 is 5.73 Å². The lowest BCUT2D eigenvalue weighted by Gasteiger charge is -2.39. The molecule has 0 amide bonds. The van der Waals surface area contributed by atoms with Crippen LogP contribution >= 0.6 is 0 Å². The molecule has 2 atom stereocenters. The quantitative estimate of drug-likeness (QED) is 0.736. The molecule has 90 valence electrons. The third-order valence-electron chi connectivity index (χ3n) is 3.78. The summed E-state index contributed by atoms with van der Waals surface area (Å²) >= 11 is 0. The van der Waals surface area contributed by atoms with Crippen molar-refractivity contribution in [3.8, 4) is 0 Å². The summed E-state index contributed by atoms with van der Waals surface area (Å²) in [6.45, 7) is 8.95. The Labute approximate surface area is 93.6 Å². The molecule has 0 aromatic carbocycles. The van der Waals surface area contributed by atoms with E-state index < -0.39 is 0 Å². The minimum Gasteiger partial charge on any atom is -0.395 e. The Kier molecular flexibility index (Phi) is 5.03. The van der Waals surface area contributed by atoms with E-state index in [2.05, 4.69) is 18.7 Å². The molecule has 1 aliphatic rings. The molecule has 1 heterocycles. The number of hydrogen-bond acceptors (Lipinski definition) is 3. The fraction of sp³-hybridized carbons (Fsp3) is 1.00. The molecule has 15 heavy (non-hydrogen) atoms. The van der Waals surface area contributed by atoms with E-state index in [9.17, 15) is 5.11 Å². The van der Waals surface area contributed by atoms with E-state index in [0.717, 1.165) is 24.9 Å². The van der Waals surface area contributed by atoms with Gasteiger partial charge in [-0.3, -0.25) is 4.90 Å². The average molecular weight is 214 g/mol. The zero-order chi connectivity index (χ0) is 11.4. The van der Waals surface area contributed by atoms with Crippen LogP contribution in [0.15, 0.2) is 0 Å². The van der Waals surface area contributed by atoms with Crippen molar-refractivity contribution < 1.29 is 5.11 Å². The summed E-state index contributed by atoms with van der Waals surface area (Å²) in [5, 5.41) is 9.30. The maximum absolute atomic E-state index is 9.30. The van der Waals surface area contributed by atoms with Crippen LogP contribution in [-0.2, 0) is 0 Å². The second-order valence-electron chi connectivity index (χ2n) is 5.23. The summed E-state index contributed by atoms with van der Waals surface area (Å²) < 4.78 is 0. The smallest absolute Gasteiger partial charge is 0.0601 e. The average Bonchev–Trinajstić information content (AvgIpc) is 2.19. The van der Waals surface area contributed by atoms with E-state index >= 15 is 0 Å². The fourth-order valence-corrected chi connectivity index (χ4v) is 2.53. The first-order valence-electron chi connectivity index (χ1n) is 6.16. The maximum Gasteiger partial charge on any atom is 0.0601 e. The highest BCUT2D eigenvalue weighted by Gasteiger charge is 2.27. The number of aliphatic hydroxyl groups excluding tert-OH is 1. The van der Waals surface area contributed by atoms with Crippen LogP contribution in [0.4, 0.5) is 0 Å². The van der Waals surface area contributed by atoms with Gasteiger partial charge in [0.1, 0.15) is 0 Å². The molecule has 1 fully saturated rings. The molecule has 0 radical (unpaired) electrons. The third kappa shape index (κ3) is 3.44. The highest BCUT2D eigenvalue weighted by atomic mass is 16.3. The first-order valence-corrected chi connectivity index (χ1v) is 6.16. The lowest BCUT2D eigenvalue weighted by molar-refractivity contribution is 0.0661. The van der Waals surface area contributed by atoms with E-state index in [1.54, 1.807) is 0 Å². The van der Waals surface area contributed by atoms with E-state index in [1.807, 2.05) is 6.92 Å². The monoisotopic (exact) mass is 214 g/mol. The number of piperidine rings is 1. The van der Waals surface area contributed by atoms with Gasteiger partial charge in [0.05, 0.1) is 6.61 Å². The number of likely N-dealkylation sites (tertiary alicyclic amines) is 1. The molecule has 1 saturated heterocycles. The van der Waals surface area contributed by atoms with Crippen LogP contribution in [0.1, 0.15) is 33.6 Å². The summed E-state index contributed by atoms with van der Waals surface area (Å²) in [5.41, 5.74) is 5.87. The van der Waals surface area contributed by atoms with E-state index in [-0.39, 0.29) is 18.7 Å². The van der Waals surface area contributed by atoms with Crippen LogP contribution in [0.25, 0.3) is 0 Å². The Bertz CT molecular complexity index is 174. The fourth-order valence-electron chi connectivity index (χ4n) is 2.53. The van der Waals surface area contributed by atoms with E-state index in [1.165, 1.54) is 12.8 Å². The number of nitrogens with zero attached hydrogens (tertiary/aromatic N) is 1. The normalized spacial score (nSPS) is 24.4. The SMILES string of the molecule is CC(C)C1CCN(C(CO)C(C)N)CC1. The summed E-state index contributed by atoms with van der Waals surface area (Å²) in [4.78, 5) is 2.35. The number of nitrogens with two attached hydrogens (primary N) is 1. The van der Waals surface area contributed by atoms with Gasteiger partial charge in [-0.1, -0.05) is 13.8 Å². The molecule has 1 rings (SSSR count). The number of rotatable bonds is 4. The second kappa shape index (κ2) is 5.83. The second-order valence-corrected chi connectivity index (χ2v) is 5.23. The predicted octanol–water partition coefficient (Wildman–Crippen LogP) is 1.06. The highest BCUT2D eigenvalue weighted by molar-refractivity contribution is 4.83. The lowest BCUT2D eigenvalue weighted by Crippen LogP contribution is -2.51. The molecule has 0 aromatic rings. The number of hydrogen-bond donors (Lipinski definition) is 2. The molecule has 3 nitrogen and oxygen atoms in total. The largest absolute Gasteiger partial charge is 0.395 e. The molecule has 0 aliphatic carbocycles. The standard InChI is InChI=1S/C12H26N2O/c1-9(2)11-4-6-14(7-5-11)12(8-15)10(3)13/h9-12,15H,4-8,13H2,1-3H3. The zero-order valence-electron chi connectivity index (χ0n) is 10.3. The summed E-state index contributed by atoms with van der Waals surface area (Å²) in [6.07, 6.45) is 2.50. The minimum absolute atomic E-state index is 0.0607. The van der Waals surface area contributed by atoms with Gasteiger partial charge >= 0.3 is 0 Å². The Morgan fingerprint density at radius 2 is 1.80 bits per heavy atom. The van der Waals surface area contributed by atoms with Crippen molar-refractivity contribution in [1.82, 2.24) is 4.90 Å². The number of aliphatic hydroxyl groups is 1. The van der Waals surface area contributed by atoms with Gasteiger partial charge in [0.15, 0.2) is 0 Å². The van der Waals surface area contributed by atoms with Crippen LogP contribution in [0.3, 0.4) is 0 Å². The van der Waals surface area contributed by atoms with Gasteiger partial charge in [-0.05, 0) is 44.7 Å². The van der Waals surface area contributed by atoms with Gasteiger partial charge in [-0.2, -0.15) is 0 Å². The van der Waals surface area contributed by atoms with Gasteiger partial charge in [0, 0.05) is 12.1 Å². The predicted molar refractivity (Wildman–Crippen MR) is 63.7 cm³/mol. The molecule has 0 spiro atoms. The summed E-state index contributed by atoms with van der Waals surface area (Å²) in [6, 6.07) is 0.212. The van der Waals surface area contributed by atoms with Gasteiger partial charge in [-0.15, -0.1) is 0 Å². The topological polar surface area (TPSA) is 49.5 Å². The van der Waals surface area contributed by atoms with Crippen LogP contribution in [0.2, 0.25) is 0 Å². The first kappa shape index (κ1) is 12.9. The van der Waals surface area contributed by atoms with Gasteiger partial charge in [0.2, 0.25) is 0 Å². The molecule has 1 aliphatic heterocycles. The molecule has 0 saturated carbocycles. The van der Waals surface area contributed by atoms with Crippen molar-refractivity contribution in [3.05, 3.63) is 0 Å². The van der Waals surface area contributed by atoms with Gasteiger partial charge in [-0.25, -0.2) is 0 Å². The van der Waals surface area contributed by atoms with Crippen LogP contribution in [0, 0.1) is 11.8 Å². The van der Waals surface area contributed by atoms with E-state index in [4.69, 9.17) is 5.73 Å². The molecule has 3 N–H and O–H groups in total. The Balaban J connectivity index is 2.42. The third-order valence-corrected chi connectivity index (χ3v) is 3.78. The molecule has 3 heteroatoms. The Morgan fingerprint density at radius 1 is 1.27 bits per heavy atom. The van der Waals surface area contributed by atoms with Crippen molar-refractivity contribution in [2.75, 3.05) is 19.7 Å².